The van der Waals surface area contributed by atoms with Crippen LogP contribution in [-0.2, 0) is 4.74 Å². The van der Waals surface area contributed by atoms with Crippen LogP contribution in [0.25, 0.3) is 0 Å². The number of likely N-dealkylation sites (tertiary alicyclic amines) is 1. The summed E-state index contributed by atoms with van der Waals surface area (Å²) in [4.78, 5) is 2.43. The molecule has 0 N–H and O–H groups in total. The molecule has 68 valence electrons. The first kappa shape index (κ1) is 8.11. The molecule has 0 aromatic rings. The van der Waals surface area contributed by atoms with E-state index in [0.717, 1.165) is 13.2 Å². The molecule has 2 heterocycles. The number of ether oxygens (including phenoxy) is 1. The van der Waals surface area contributed by atoms with Gasteiger partial charge in [-0.1, -0.05) is 20.4 Å². The maximum absolute atomic E-state index is 5.53. The minimum Gasteiger partial charge on any atom is -0.374 e. The topological polar surface area (TPSA) is 12.5 Å². The van der Waals surface area contributed by atoms with Crippen LogP contribution in [-0.4, -0.2) is 30.2 Å². The summed E-state index contributed by atoms with van der Waals surface area (Å²) in [6.45, 7) is 10.5. The van der Waals surface area contributed by atoms with E-state index in [1.54, 1.807) is 0 Å². The molecule has 0 spiro atoms. The van der Waals surface area contributed by atoms with Crippen LogP contribution < -0.4 is 0 Å². The van der Waals surface area contributed by atoms with Crippen LogP contribution in [0.5, 0.6) is 0 Å². The van der Waals surface area contributed by atoms with Gasteiger partial charge in [0.15, 0.2) is 0 Å². The van der Waals surface area contributed by atoms with E-state index in [2.05, 4.69) is 25.3 Å². The zero-order valence-corrected chi connectivity index (χ0v) is 7.92. The van der Waals surface area contributed by atoms with Crippen molar-refractivity contribution >= 4 is 0 Å². The average Bonchev–Trinajstić information content (AvgIpc) is 2.62. The van der Waals surface area contributed by atoms with Crippen molar-refractivity contribution in [2.45, 2.75) is 32.4 Å². The van der Waals surface area contributed by atoms with Crippen LogP contribution in [0.3, 0.4) is 0 Å². The van der Waals surface area contributed by atoms with E-state index in [9.17, 15) is 0 Å². The third-order valence-corrected chi connectivity index (χ3v) is 2.94. The second-order valence-electron chi connectivity index (χ2n) is 4.14. The van der Waals surface area contributed by atoms with Gasteiger partial charge >= 0.3 is 0 Å². The lowest BCUT2D eigenvalue weighted by atomic mass is 10.1. The number of allylic oxidation sites excluding steroid dienone is 1. The van der Waals surface area contributed by atoms with E-state index in [1.807, 2.05) is 0 Å². The molecule has 2 aliphatic heterocycles. The van der Waals surface area contributed by atoms with Gasteiger partial charge in [-0.25, -0.2) is 0 Å². The molecule has 2 saturated heterocycles. The summed E-state index contributed by atoms with van der Waals surface area (Å²) in [5, 5.41) is 0. The molecule has 2 nitrogen and oxygen atoms in total. The van der Waals surface area contributed by atoms with E-state index in [4.69, 9.17) is 4.74 Å². The lowest BCUT2D eigenvalue weighted by molar-refractivity contribution is 0.0413. The molecule has 0 aliphatic carbocycles. The Labute approximate surface area is 74.2 Å². The molecular formula is C10H17NO. The van der Waals surface area contributed by atoms with Crippen LogP contribution in [0.1, 0.15) is 20.3 Å². The molecule has 0 aromatic heterocycles. The van der Waals surface area contributed by atoms with E-state index >= 15 is 0 Å². The largest absolute Gasteiger partial charge is 0.374 e. The molecule has 2 bridgehead atoms. The summed E-state index contributed by atoms with van der Waals surface area (Å²) in [5.41, 5.74) is 1.28. The van der Waals surface area contributed by atoms with Gasteiger partial charge < -0.3 is 9.64 Å². The molecular weight excluding hydrogens is 150 g/mol. The smallest absolute Gasteiger partial charge is 0.0771 e. The Balaban J connectivity index is 2.02. The first-order valence-corrected chi connectivity index (χ1v) is 4.75. The third kappa shape index (κ3) is 1.14. The molecule has 2 aliphatic rings. The summed E-state index contributed by atoms with van der Waals surface area (Å²) in [6, 6.07) is 0.630. The Bertz CT molecular complexity index is 200. The Morgan fingerprint density at radius 3 is 2.75 bits per heavy atom. The predicted octanol–water partition coefficient (Wildman–Crippen LogP) is 1.63. The molecule has 2 atom stereocenters. The van der Waals surface area contributed by atoms with E-state index in [1.165, 1.54) is 12.1 Å². The van der Waals surface area contributed by atoms with Crippen molar-refractivity contribution in [3.63, 3.8) is 0 Å². The maximum Gasteiger partial charge on any atom is 0.0771 e. The predicted molar refractivity (Wildman–Crippen MR) is 48.8 cm³/mol. The highest BCUT2D eigenvalue weighted by molar-refractivity contribution is 5.06. The van der Waals surface area contributed by atoms with Crippen LogP contribution in [0, 0.1) is 5.92 Å². The Kier molecular flexibility index (Phi) is 1.87. The van der Waals surface area contributed by atoms with Crippen molar-refractivity contribution < 1.29 is 4.74 Å². The van der Waals surface area contributed by atoms with Crippen molar-refractivity contribution in [1.29, 1.82) is 0 Å². The quantitative estimate of drug-likeness (QED) is 0.619. The Morgan fingerprint density at radius 1 is 1.58 bits per heavy atom. The highest BCUT2D eigenvalue weighted by Crippen LogP contribution is 2.32. The molecule has 12 heavy (non-hydrogen) atoms. The van der Waals surface area contributed by atoms with Gasteiger partial charge in [-0.3, -0.25) is 0 Å². The van der Waals surface area contributed by atoms with E-state index < -0.39 is 0 Å². The Morgan fingerprint density at radius 2 is 2.33 bits per heavy atom. The molecule has 2 unspecified atom stereocenters. The fraction of sp³-hybridized carbons (Fsp3) is 0.800. The molecule has 2 rings (SSSR count). The van der Waals surface area contributed by atoms with Gasteiger partial charge in [-0.05, 0) is 12.3 Å². The minimum atomic E-state index is 0.491. The lowest BCUT2D eigenvalue weighted by Crippen LogP contribution is -2.37. The standard InChI is InChI=1S/C10H17NO/c1-7(2)8(3)11-5-10-4-9(11)6-12-10/h7,9-10H,3-6H2,1-2H3. The summed E-state index contributed by atoms with van der Waals surface area (Å²) in [7, 11) is 0. The highest BCUT2D eigenvalue weighted by Gasteiger charge is 2.39. The second kappa shape index (κ2) is 2.77. The van der Waals surface area contributed by atoms with Crippen molar-refractivity contribution in [3.05, 3.63) is 12.3 Å². The molecule has 0 radical (unpaired) electrons. The van der Waals surface area contributed by atoms with Crippen molar-refractivity contribution in [2.75, 3.05) is 13.2 Å². The Hall–Kier alpha value is -0.500. The zero-order chi connectivity index (χ0) is 8.72. The number of fused-ring (bicyclic) bond motifs is 2. The first-order valence-electron chi connectivity index (χ1n) is 4.75. The maximum atomic E-state index is 5.53. The normalized spacial score (nSPS) is 33.4. The van der Waals surface area contributed by atoms with Gasteiger partial charge in [0, 0.05) is 12.2 Å². The zero-order valence-electron chi connectivity index (χ0n) is 7.92. The van der Waals surface area contributed by atoms with Gasteiger partial charge in [-0.15, -0.1) is 0 Å². The van der Waals surface area contributed by atoms with Gasteiger partial charge in [0.25, 0.3) is 0 Å². The van der Waals surface area contributed by atoms with Gasteiger partial charge in [0.05, 0.1) is 18.8 Å². The molecule has 0 amide bonds. The van der Waals surface area contributed by atoms with E-state index in [0.29, 0.717) is 18.1 Å². The second-order valence-corrected chi connectivity index (χ2v) is 4.14. The molecule has 0 saturated carbocycles. The van der Waals surface area contributed by atoms with Crippen LogP contribution >= 0.6 is 0 Å². The first-order chi connectivity index (χ1) is 5.68. The number of rotatable bonds is 2. The van der Waals surface area contributed by atoms with Crippen LogP contribution in [0.2, 0.25) is 0 Å². The monoisotopic (exact) mass is 167 g/mol. The SMILES string of the molecule is C=C(C(C)C)N1CC2CC1CO2. The summed E-state index contributed by atoms with van der Waals surface area (Å²) in [5.74, 6) is 0.573. The number of hydrogen-bond acceptors (Lipinski definition) is 2. The summed E-state index contributed by atoms with van der Waals surface area (Å²) in [6.07, 6.45) is 1.71. The average molecular weight is 167 g/mol. The number of hydrogen-bond donors (Lipinski definition) is 0. The molecule has 2 heteroatoms. The summed E-state index contributed by atoms with van der Waals surface area (Å²) < 4.78 is 5.53. The third-order valence-electron chi connectivity index (χ3n) is 2.94. The molecule has 0 aromatic carbocycles. The number of nitrogens with zero attached hydrogens (tertiary/aromatic N) is 1. The highest BCUT2D eigenvalue weighted by atomic mass is 16.5. The van der Waals surface area contributed by atoms with Gasteiger partial charge in [-0.2, -0.15) is 0 Å². The van der Waals surface area contributed by atoms with Crippen molar-refractivity contribution in [3.8, 4) is 0 Å². The minimum absolute atomic E-state index is 0.491. The van der Waals surface area contributed by atoms with E-state index in [-0.39, 0.29) is 0 Å². The van der Waals surface area contributed by atoms with Crippen molar-refractivity contribution in [1.82, 2.24) is 4.90 Å². The fourth-order valence-corrected chi connectivity index (χ4v) is 2.08. The fourth-order valence-electron chi connectivity index (χ4n) is 2.08. The van der Waals surface area contributed by atoms with Crippen molar-refractivity contribution in [2.24, 2.45) is 5.92 Å². The van der Waals surface area contributed by atoms with Crippen LogP contribution in [0.15, 0.2) is 12.3 Å². The number of morpholine rings is 1. The lowest BCUT2D eigenvalue weighted by Gasteiger charge is -2.32. The van der Waals surface area contributed by atoms with Gasteiger partial charge in [0.2, 0.25) is 0 Å². The molecule has 2 fully saturated rings. The summed E-state index contributed by atoms with van der Waals surface area (Å²) >= 11 is 0. The van der Waals surface area contributed by atoms with Crippen LogP contribution in [0.4, 0.5) is 0 Å². The van der Waals surface area contributed by atoms with Gasteiger partial charge in [0.1, 0.15) is 0 Å².